The van der Waals surface area contributed by atoms with Gasteiger partial charge < -0.3 is 9.15 Å². The van der Waals surface area contributed by atoms with Crippen LogP contribution in [-0.4, -0.2) is 17.6 Å². The highest BCUT2D eigenvalue weighted by atomic mass is 32.1. The molecule has 3 aromatic rings. The van der Waals surface area contributed by atoms with E-state index in [0.29, 0.717) is 12.3 Å². The molecule has 0 unspecified atom stereocenters. The highest BCUT2D eigenvalue weighted by Gasteiger charge is 2.20. The van der Waals surface area contributed by atoms with E-state index < -0.39 is 5.97 Å². The lowest BCUT2D eigenvalue weighted by molar-refractivity contribution is 0.0491. The molecule has 96 valence electrons. The molecular weight excluding hydrogens is 262 g/mol. The van der Waals surface area contributed by atoms with Crippen LogP contribution in [0.1, 0.15) is 17.5 Å². The maximum Gasteiger partial charge on any atom is 0.376 e. The molecule has 0 saturated carbocycles. The first-order valence-electron chi connectivity index (χ1n) is 5.89. The van der Waals surface area contributed by atoms with Gasteiger partial charge >= 0.3 is 5.97 Å². The fraction of sp³-hybridized carbons (Fsp3) is 0.143. The second kappa shape index (κ2) is 4.85. The van der Waals surface area contributed by atoms with E-state index in [0.717, 1.165) is 15.0 Å². The van der Waals surface area contributed by atoms with Crippen LogP contribution in [0.4, 0.5) is 0 Å². The number of hydrogen-bond donors (Lipinski definition) is 0. The Hall–Kier alpha value is -2.14. The summed E-state index contributed by atoms with van der Waals surface area (Å²) in [6.45, 7) is 2.07. The van der Waals surface area contributed by atoms with Crippen LogP contribution < -0.4 is 0 Å². The number of carbonyl (C=O) groups is 1. The van der Waals surface area contributed by atoms with Crippen LogP contribution in [0, 0.1) is 0 Å². The summed E-state index contributed by atoms with van der Waals surface area (Å²) in [6, 6.07) is 10.0. The van der Waals surface area contributed by atoms with Crippen LogP contribution in [0.15, 0.2) is 41.1 Å². The predicted octanol–water partition coefficient (Wildman–Crippen LogP) is 3.73. The molecule has 0 atom stereocenters. The Labute approximate surface area is 113 Å². The number of hydrogen-bond acceptors (Lipinski definition) is 5. The molecule has 0 aliphatic carbocycles. The SMILES string of the molecule is CCOC(=O)c1ocnc1-c1cc2ccccc2s1. The van der Waals surface area contributed by atoms with E-state index in [4.69, 9.17) is 9.15 Å². The molecule has 0 bridgehead atoms. The summed E-state index contributed by atoms with van der Waals surface area (Å²) in [6.07, 6.45) is 1.27. The quantitative estimate of drug-likeness (QED) is 0.682. The highest BCUT2D eigenvalue weighted by molar-refractivity contribution is 7.22. The second-order valence-corrected chi connectivity index (χ2v) is 4.98. The molecule has 0 radical (unpaired) electrons. The monoisotopic (exact) mass is 273 g/mol. The van der Waals surface area contributed by atoms with Gasteiger partial charge in [0.15, 0.2) is 6.39 Å². The minimum Gasteiger partial charge on any atom is -0.460 e. The molecule has 2 aromatic heterocycles. The van der Waals surface area contributed by atoms with Gasteiger partial charge in [0.2, 0.25) is 5.76 Å². The average Bonchev–Trinajstić information content (AvgIpc) is 3.05. The smallest absolute Gasteiger partial charge is 0.376 e. The maximum atomic E-state index is 11.8. The number of thiophene rings is 1. The summed E-state index contributed by atoms with van der Waals surface area (Å²) in [5.41, 5.74) is 0.541. The molecule has 3 rings (SSSR count). The standard InChI is InChI=1S/C14H11NO3S/c1-2-17-14(16)13-12(15-8-18-13)11-7-9-5-3-4-6-10(9)19-11/h3-8H,2H2,1H3. The van der Waals surface area contributed by atoms with Crippen LogP contribution in [0.5, 0.6) is 0 Å². The van der Waals surface area contributed by atoms with Crippen molar-refractivity contribution in [3.63, 3.8) is 0 Å². The highest BCUT2D eigenvalue weighted by Crippen LogP contribution is 2.34. The lowest BCUT2D eigenvalue weighted by Gasteiger charge is -1.98. The summed E-state index contributed by atoms with van der Waals surface area (Å²) in [5, 5.41) is 1.13. The summed E-state index contributed by atoms with van der Waals surface area (Å²) in [4.78, 5) is 16.8. The fourth-order valence-corrected chi connectivity index (χ4v) is 2.92. The Balaban J connectivity index is 2.07. The zero-order valence-electron chi connectivity index (χ0n) is 10.3. The van der Waals surface area contributed by atoms with Crippen LogP contribution in [0.3, 0.4) is 0 Å². The summed E-state index contributed by atoms with van der Waals surface area (Å²) < 4.78 is 11.3. The van der Waals surface area contributed by atoms with E-state index >= 15 is 0 Å². The third kappa shape index (κ3) is 2.13. The van der Waals surface area contributed by atoms with Crippen molar-refractivity contribution in [3.8, 4) is 10.6 Å². The van der Waals surface area contributed by atoms with Crippen LogP contribution in [0.2, 0.25) is 0 Å². The summed E-state index contributed by atoms with van der Waals surface area (Å²) >= 11 is 1.57. The third-order valence-electron chi connectivity index (χ3n) is 2.69. The van der Waals surface area contributed by atoms with Crippen molar-refractivity contribution in [3.05, 3.63) is 42.5 Å². The van der Waals surface area contributed by atoms with Crippen molar-refractivity contribution in [2.75, 3.05) is 6.61 Å². The molecule has 4 nitrogen and oxygen atoms in total. The minimum atomic E-state index is -0.479. The molecule has 5 heteroatoms. The molecule has 0 N–H and O–H groups in total. The summed E-state index contributed by atoms with van der Waals surface area (Å²) in [7, 11) is 0. The Morgan fingerprint density at radius 1 is 1.42 bits per heavy atom. The predicted molar refractivity (Wildman–Crippen MR) is 73.3 cm³/mol. The molecular formula is C14H11NO3S. The molecule has 0 spiro atoms. The number of rotatable bonds is 3. The molecule has 0 saturated heterocycles. The van der Waals surface area contributed by atoms with E-state index in [1.165, 1.54) is 6.39 Å². The lowest BCUT2D eigenvalue weighted by Crippen LogP contribution is -2.04. The van der Waals surface area contributed by atoms with E-state index in [2.05, 4.69) is 4.98 Å². The van der Waals surface area contributed by atoms with Gasteiger partial charge in [-0.05, 0) is 24.4 Å². The zero-order chi connectivity index (χ0) is 13.2. The van der Waals surface area contributed by atoms with Crippen molar-refractivity contribution in [2.24, 2.45) is 0 Å². The average molecular weight is 273 g/mol. The fourth-order valence-electron chi connectivity index (χ4n) is 1.86. The first kappa shape index (κ1) is 11.9. The topological polar surface area (TPSA) is 52.3 Å². The number of esters is 1. The van der Waals surface area contributed by atoms with Crippen LogP contribution in [-0.2, 0) is 4.74 Å². The number of nitrogens with zero attached hydrogens (tertiary/aromatic N) is 1. The van der Waals surface area contributed by atoms with Crippen molar-refractivity contribution in [1.82, 2.24) is 4.98 Å². The van der Waals surface area contributed by atoms with Gasteiger partial charge in [-0.3, -0.25) is 0 Å². The van der Waals surface area contributed by atoms with E-state index in [-0.39, 0.29) is 5.76 Å². The van der Waals surface area contributed by atoms with Gasteiger partial charge in [-0.15, -0.1) is 11.3 Å². The number of benzene rings is 1. The number of fused-ring (bicyclic) bond motifs is 1. The van der Waals surface area contributed by atoms with E-state index in [1.54, 1.807) is 18.3 Å². The van der Waals surface area contributed by atoms with Crippen molar-refractivity contribution in [2.45, 2.75) is 6.92 Å². The van der Waals surface area contributed by atoms with E-state index in [9.17, 15) is 4.79 Å². The molecule has 0 aliphatic rings. The Morgan fingerprint density at radius 2 is 2.26 bits per heavy atom. The Morgan fingerprint density at radius 3 is 3.05 bits per heavy atom. The number of carbonyl (C=O) groups excluding carboxylic acids is 1. The molecule has 2 heterocycles. The lowest BCUT2D eigenvalue weighted by atomic mass is 10.2. The van der Waals surface area contributed by atoms with Gasteiger partial charge in [-0.2, -0.15) is 0 Å². The Kier molecular flexibility index (Phi) is 3.05. The molecule has 19 heavy (non-hydrogen) atoms. The van der Waals surface area contributed by atoms with Crippen molar-refractivity contribution in [1.29, 1.82) is 0 Å². The van der Waals surface area contributed by atoms with Gasteiger partial charge in [0, 0.05) is 4.70 Å². The number of ether oxygens (including phenoxy) is 1. The zero-order valence-corrected chi connectivity index (χ0v) is 11.1. The van der Waals surface area contributed by atoms with Crippen molar-refractivity contribution < 1.29 is 13.9 Å². The third-order valence-corrected chi connectivity index (χ3v) is 3.81. The number of aromatic nitrogens is 1. The molecule has 0 aliphatic heterocycles. The molecule has 1 aromatic carbocycles. The second-order valence-electron chi connectivity index (χ2n) is 3.90. The van der Waals surface area contributed by atoms with Gasteiger partial charge in [0.05, 0.1) is 11.5 Å². The normalized spacial score (nSPS) is 10.8. The maximum absolute atomic E-state index is 11.8. The Bertz CT molecular complexity index is 696. The first-order chi connectivity index (χ1) is 9.29. The molecule has 0 amide bonds. The van der Waals surface area contributed by atoms with Crippen LogP contribution in [0.25, 0.3) is 20.7 Å². The summed E-state index contributed by atoms with van der Waals surface area (Å²) in [5.74, 6) is -0.319. The van der Waals surface area contributed by atoms with Crippen LogP contribution >= 0.6 is 11.3 Å². The molecule has 0 fully saturated rings. The minimum absolute atomic E-state index is 0.161. The largest absolute Gasteiger partial charge is 0.460 e. The van der Waals surface area contributed by atoms with E-state index in [1.807, 2.05) is 30.3 Å². The van der Waals surface area contributed by atoms with Gasteiger partial charge in [0.25, 0.3) is 0 Å². The van der Waals surface area contributed by atoms with Gasteiger partial charge in [0.1, 0.15) is 5.69 Å². The number of oxazole rings is 1. The van der Waals surface area contributed by atoms with Gasteiger partial charge in [-0.25, -0.2) is 9.78 Å². The first-order valence-corrected chi connectivity index (χ1v) is 6.71. The van der Waals surface area contributed by atoms with Gasteiger partial charge in [-0.1, -0.05) is 18.2 Å². The van der Waals surface area contributed by atoms with Crippen molar-refractivity contribution >= 4 is 27.4 Å².